The number of hydrogen-bond acceptors (Lipinski definition) is 6. The number of nitrogens with zero attached hydrogens (tertiary/aromatic N) is 1. The van der Waals surface area contributed by atoms with Crippen molar-refractivity contribution in [2.24, 2.45) is 0 Å². The van der Waals surface area contributed by atoms with E-state index in [0.717, 1.165) is 22.1 Å². The molecule has 4 aromatic rings. The fourth-order valence-electron chi connectivity index (χ4n) is 4.46. The molecule has 0 radical (unpaired) electrons. The second-order valence-corrected chi connectivity index (χ2v) is 9.88. The summed E-state index contributed by atoms with van der Waals surface area (Å²) in [6.07, 6.45) is 0. The van der Waals surface area contributed by atoms with Crippen molar-refractivity contribution in [3.8, 4) is 28.1 Å². The molecule has 1 heterocycles. The van der Waals surface area contributed by atoms with Crippen LogP contribution in [0.25, 0.3) is 33.3 Å². The topological polar surface area (TPSA) is 74.7 Å². The molecule has 34 heavy (non-hydrogen) atoms. The highest BCUT2D eigenvalue weighted by Crippen LogP contribution is 2.49. The van der Waals surface area contributed by atoms with Crippen LogP contribution >= 0.6 is 7.60 Å². The lowest BCUT2D eigenvalue weighted by Crippen LogP contribution is -2.11. The van der Waals surface area contributed by atoms with Crippen LogP contribution in [0.4, 0.5) is 0 Å². The Hall–Kier alpha value is -3.31. The molecule has 0 unspecified atom stereocenters. The molecule has 0 atom stereocenters. The number of pyridine rings is 1. The standard InChI is InChI=1S/C27H24NO5P/c1-4-32-34(30,33-5-2)19-13-14-23-22(16-19)24-20-11-6-7-12-21(20)27(29)25(24)26(28-23)17-9-8-10-18(15-17)31-3/h6-16H,4-5H2,1-3H3. The number of hydrogen-bond donors (Lipinski definition) is 0. The second kappa shape index (κ2) is 8.80. The first kappa shape index (κ1) is 22.5. The van der Waals surface area contributed by atoms with Gasteiger partial charge < -0.3 is 13.8 Å². The van der Waals surface area contributed by atoms with E-state index in [1.165, 1.54) is 0 Å². The fourth-order valence-corrected chi connectivity index (χ4v) is 6.06. The number of carbonyl (C=O) groups is 1. The molecule has 1 aliphatic carbocycles. The third-order valence-electron chi connectivity index (χ3n) is 5.89. The third kappa shape index (κ3) is 3.55. The van der Waals surface area contributed by atoms with E-state index in [9.17, 15) is 9.36 Å². The van der Waals surface area contributed by atoms with E-state index in [1.54, 1.807) is 33.1 Å². The molecule has 1 aromatic heterocycles. The van der Waals surface area contributed by atoms with Crippen molar-refractivity contribution < 1.29 is 23.1 Å². The summed E-state index contributed by atoms with van der Waals surface area (Å²) >= 11 is 0. The van der Waals surface area contributed by atoms with E-state index >= 15 is 0 Å². The quantitative estimate of drug-likeness (QED) is 0.269. The maximum Gasteiger partial charge on any atom is 0.361 e. The summed E-state index contributed by atoms with van der Waals surface area (Å²) in [5.41, 5.74) is 4.83. The Morgan fingerprint density at radius 1 is 0.853 bits per heavy atom. The largest absolute Gasteiger partial charge is 0.497 e. The van der Waals surface area contributed by atoms with Gasteiger partial charge in [0.25, 0.3) is 0 Å². The maximum absolute atomic E-state index is 13.6. The van der Waals surface area contributed by atoms with Crippen LogP contribution in [0.15, 0.2) is 66.7 Å². The van der Waals surface area contributed by atoms with Crippen molar-refractivity contribution in [3.05, 3.63) is 77.9 Å². The number of methoxy groups -OCH3 is 1. The van der Waals surface area contributed by atoms with Crippen molar-refractivity contribution in [1.82, 2.24) is 4.98 Å². The molecule has 0 saturated carbocycles. The molecule has 0 spiro atoms. The van der Waals surface area contributed by atoms with Crippen LogP contribution in [0, 0.1) is 0 Å². The van der Waals surface area contributed by atoms with E-state index in [1.807, 2.05) is 54.6 Å². The molecule has 1 aliphatic rings. The molecule has 5 rings (SSSR count). The van der Waals surface area contributed by atoms with Gasteiger partial charge in [-0.2, -0.15) is 0 Å². The van der Waals surface area contributed by atoms with E-state index in [0.29, 0.717) is 33.4 Å². The number of ketones is 1. The van der Waals surface area contributed by atoms with Gasteiger partial charge in [0.2, 0.25) is 0 Å². The van der Waals surface area contributed by atoms with Gasteiger partial charge in [-0.05, 0) is 49.7 Å². The molecule has 7 heteroatoms. The Balaban J connectivity index is 1.84. The average molecular weight is 473 g/mol. The predicted octanol–water partition coefficient (Wildman–Crippen LogP) is 6.01. The van der Waals surface area contributed by atoms with Crippen molar-refractivity contribution in [2.45, 2.75) is 13.8 Å². The average Bonchev–Trinajstić information content (AvgIpc) is 3.16. The van der Waals surface area contributed by atoms with E-state index in [4.69, 9.17) is 18.8 Å². The number of carbonyl (C=O) groups excluding carboxylic acids is 1. The summed E-state index contributed by atoms with van der Waals surface area (Å²) < 4.78 is 30.0. The molecular formula is C27H24NO5P. The molecule has 3 aromatic carbocycles. The minimum atomic E-state index is -3.51. The second-order valence-electron chi connectivity index (χ2n) is 7.85. The lowest BCUT2D eigenvalue weighted by Gasteiger charge is -2.18. The SMILES string of the molecule is CCOP(=O)(OCC)c1ccc2nc(-c3cccc(OC)c3)c3c(c2c1)-c1ccccc1C3=O. The van der Waals surface area contributed by atoms with Gasteiger partial charge in [0.05, 0.1) is 42.4 Å². The first-order chi connectivity index (χ1) is 16.5. The van der Waals surface area contributed by atoms with Crippen LogP contribution in [0.5, 0.6) is 5.75 Å². The Morgan fingerprint density at radius 3 is 2.29 bits per heavy atom. The van der Waals surface area contributed by atoms with E-state index in [2.05, 4.69) is 0 Å². The lowest BCUT2D eigenvalue weighted by molar-refractivity contribution is 0.104. The van der Waals surface area contributed by atoms with Gasteiger partial charge in [-0.1, -0.05) is 36.4 Å². The molecule has 6 nitrogen and oxygen atoms in total. The maximum atomic E-state index is 13.6. The van der Waals surface area contributed by atoms with Gasteiger partial charge >= 0.3 is 7.60 Å². The Morgan fingerprint density at radius 2 is 1.59 bits per heavy atom. The Kier molecular flexibility index (Phi) is 5.82. The zero-order chi connectivity index (χ0) is 23.9. The molecule has 0 aliphatic heterocycles. The first-order valence-electron chi connectivity index (χ1n) is 11.2. The Labute approximate surface area is 198 Å². The third-order valence-corrected chi connectivity index (χ3v) is 8.00. The summed E-state index contributed by atoms with van der Waals surface area (Å²) in [4.78, 5) is 18.5. The molecule has 0 fully saturated rings. The highest BCUT2D eigenvalue weighted by molar-refractivity contribution is 7.62. The summed E-state index contributed by atoms with van der Waals surface area (Å²) in [7, 11) is -1.90. The summed E-state index contributed by atoms with van der Waals surface area (Å²) in [6.45, 7) is 4.06. The normalized spacial score (nSPS) is 12.6. The van der Waals surface area contributed by atoms with Crippen LogP contribution in [0.3, 0.4) is 0 Å². The van der Waals surface area contributed by atoms with Gasteiger partial charge in [-0.25, -0.2) is 4.98 Å². The molecular weight excluding hydrogens is 449 g/mol. The molecule has 0 N–H and O–H groups in total. The van der Waals surface area contributed by atoms with Crippen molar-refractivity contribution in [3.63, 3.8) is 0 Å². The summed E-state index contributed by atoms with van der Waals surface area (Å²) in [5, 5.41) is 1.18. The minimum absolute atomic E-state index is 0.0824. The van der Waals surface area contributed by atoms with Gasteiger partial charge in [0.1, 0.15) is 5.75 Å². The minimum Gasteiger partial charge on any atom is -0.497 e. The van der Waals surface area contributed by atoms with Crippen LogP contribution in [0.2, 0.25) is 0 Å². The van der Waals surface area contributed by atoms with Crippen molar-refractivity contribution >= 4 is 29.6 Å². The summed E-state index contributed by atoms with van der Waals surface area (Å²) in [5.74, 6) is 0.599. The van der Waals surface area contributed by atoms with E-state index < -0.39 is 7.60 Å². The van der Waals surface area contributed by atoms with Crippen LogP contribution in [-0.4, -0.2) is 31.1 Å². The first-order valence-corrected chi connectivity index (χ1v) is 12.7. The molecule has 0 amide bonds. The van der Waals surface area contributed by atoms with Gasteiger partial charge in [-0.3, -0.25) is 9.36 Å². The number of aromatic nitrogens is 1. The van der Waals surface area contributed by atoms with Gasteiger partial charge in [0, 0.05) is 22.1 Å². The zero-order valence-electron chi connectivity index (χ0n) is 19.2. The number of ether oxygens (including phenoxy) is 1. The van der Waals surface area contributed by atoms with Crippen LogP contribution in [-0.2, 0) is 13.6 Å². The molecule has 0 saturated heterocycles. The number of fused-ring (bicyclic) bond motifs is 5. The number of benzene rings is 3. The highest BCUT2D eigenvalue weighted by Gasteiger charge is 2.34. The smallest absolute Gasteiger partial charge is 0.361 e. The fraction of sp³-hybridized carbons (Fsp3) is 0.185. The monoisotopic (exact) mass is 473 g/mol. The predicted molar refractivity (Wildman–Crippen MR) is 133 cm³/mol. The lowest BCUT2D eigenvalue weighted by atomic mass is 9.96. The molecule has 0 bridgehead atoms. The van der Waals surface area contributed by atoms with Gasteiger partial charge in [-0.15, -0.1) is 0 Å². The van der Waals surface area contributed by atoms with E-state index in [-0.39, 0.29) is 19.0 Å². The van der Waals surface area contributed by atoms with Crippen molar-refractivity contribution in [2.75, 3.05) is 20.3 Å². The highest BCUT2D eigenvalue weighted by atomic mass is 31.2. The summed E-state index contributed by atoms with van der Waals surface area (Å²) in [6, 6.07) is 20.4. The van der Waals surface area contributed by atoms with Crippen LogP contribution < -0.4 is 10.0 Å². The van der Waals surface area contributed by atoms with Gasteiger partial charge in [0.15, 0.2) is 5.78 Å². The Bertz CT molecular complexity index is 1470. The zero-order valence-corrected chi connectivity index (χ0v) is 20.1. The van der Waals surface area contributed by atoms with Crippen molar-refractivity contribution in [1.29, 1.82) is 0 Å². The molecule has 172 valence electrons. The van der Waals surface area contributed by atoms with Crippen LogP contribution in [0.1, 0.15) is 29.8 Å². The number of rotatable bonds is 7.